The second kappa shape index (κ2) is 8.28. The zero-order valence-electron chi connectivity index (χ0n) is 14.9. The van der Waals surface area contributed by atoms with Crippen LogP contribution < -0.4 is 5.32 Å². The molecule has 2 aliphatic rings. The molecule has 2 amide bonds. The van der Waals surface area contributed by atoms with Crippen molar-refractivity contribution in [3.05, 3.63) is 35.9 Å². The van der Waals surface area contributed by atoms with Crippen molar-refractivity contribution in [1.82, 2.24) is 10.3 Å². The van der Waals surface area contributed by atoms with Gasteiger partial charge in [-0.1, -0.05) is 50.1 Å². The molecule has 5 nitrogen and oxygen atoms in total. The summed E-state index contributed by atoms with van der Waals surface area (Å²) in [6.45, 7) is 2.80. The highest BCUT2D eigenvalue weighted by molar-refractivity contribution is 6.02. The molecule has 0 saturated heterocycles. The molecule has 1 heterocycles. The minimum absolute atomic E-state index is 0.0152. The van der Waals surface area contributed by atoms with Crippen molar-refractivity contribution in [2.75, 3.05) is 6.54 Å². The van der Waals surface area contributed by atoms with E-state index in [1.165, 1.54) is 24.3 Å². The number of hydrazone groups is 1. The normalized spacial score (nSPS) is 23.2. The smallest absolute Gasteiger partial charge is 0.243 e. The van der Waals surface area contributed by atoms with Gasteiger partial charge < -0.3 is 5.32 Å². The molecule has 3 rings (SSSR count). The van der Waals surface area contributed by atoms with Crippen LogP contribution in [0.25, 0.3) is 0 Å². The molecule has 5 heteroatoms. The molecule has 0 radical (unpaired) electrons. The van der Waals surface area contributed by atoms with Gasteiger partial charge in [-0.3, -0.25) is 9.59 Å². The minimum atomic E-state index is -0.0715. The highest BCUT2D eigenvalue weighted by Crippen LogP contribution is 2.23. The number of carbonyl (C=O) groups is 2. The monoisotopic (exact) mass is 341 g/mol. The van der Waals surface area contributed by atoms with Crippen LogP contribution in [0.3, 0.4) is 0 Å². The van der Waals surface area contributed by atoms with Gasteiger partial charge in [0.2, 0.25) is 11.8 Å². The third-order valence-corrected chi connectivity index (χ3v) is 5.22. The van der Waals surface area contributed by atoms with Crippen molar-refractivity contribution in [1.29, 1.82) is 0 Å². The van der Waals surface area contributed by atoms with Crippen LogP contribution in [-0.2, 0) is 9.59 Å². The maximum atomic E-state index is 12.3. The molecule has 0 aromatic heterocycles. The quantitative estimate of drug-likeness (QED) is 0.894. The van der Waals surface area contributed by atoms with E-state index >= 15 is 0 Å². The van der Waals surface area contributed by atoms with E-state index < -0.39 is 0 Å². The first-order chi connectivity index (χ1) is 12.1. The number of hydrogen-bond acceptors (Lipinski definition) is 3. The number of nitrogens with zero attached hydrogens (tertiary/aromatic N) is 2. The van der Waals surface area contributed by atoms with Gasteiger partial charge in [-0.25, -0.2) is 5.01 Å². The van der Waals surface area contributed by atoms with Gasteiger partial charge in [0.05, 0.1) is 12.3 Å². The van der Waals surface area contributed by atoms with Gasteiger partial charge in [-0.05, 0) is 24.3 Å². The van der Waals surface area contributed by atoms with Crippen molar-refractivity contribution in [2.45, 2.75) is 57.9 Å². The highest BCUT2D eigenvalue weighted by Gasteiger charge is 2.24. The number of carbonyl (C=O) groups excluding carboxylic acids is 2. The molecule has 25 heavy (non-hydrogen) atoms. The lowest BCUT2D eigenvalue weighted by molar-refractivity contribution is -0.133. The summed E-state index contributed by atoms with van der Waals surface area (Å²) in [6.07, 6.45) is 5.89. The van der Waals surface area contributed by atoms with E-state index in [2.05, 4.69) is 17.3 Å². The SMILES string of the molecule is C[C@@H]1CCCC[C@H]1NC(=O)CCC(=O)N1CCC(c2ccccc2)=N1. The summed E-state index contributed by atoms with van der Waals surface area (Å²) in [6, 6.07) is 10.2. The van der Waals surface area contributed by atoms with Crippen LogP contribution >= 0.6 is 0 Å². The van der Waals surface area contributed by atoms with Gasteiger partial charge in [-0.2, -0.15) is 5.10 Å². The van der Waals surface area contributed by atoms with Crippen LogP contribution in [0.2, 0.25) is 0 Å². The molecule has 1 aromatic rings. The zero-order chi connectivity index (χ0) is 17.6. The minimum Gasteiger partial charge on any atom is -0.353 e. The zero-order valence-corrected chi connectivity index (χ0v) is 14.9. The van der Waals surface area contributed by atoms with Gasteiger partial charge >= 0.3 is 0 Å². The van der Waals surface area contributed by atoms with Crippen LogP contribution in [-0.4, -0.2) is 35.1 Å². The third-order valence-electron chi connectivity index (χ3n) is 5.22. The third kappa shape index (κ3) is 4.68. The van der Waals surface area contributed by atoms with Crippen molar-refractivity contribution in [3.8, 4) is 0 Å². The van der Waals surface area contributed by atoms with Crippen molar-refractivity contribution < 1.29 is 9.59 Å². The topological polar surface area (TPSA) is 61.8 Å². The predicted molar refractivity (Wildman–Crippen MR) is 98.1 cm³/mol. The van der Waals surface area contributed by atoms with Gasteiger partial charge in [0.25, 0.3) is 0 Å². The molecule has 1 saturated carbocycles. The van der Waals surface area contributed by atoms with Crippen LogP contribution in [0.5, 0.6) is 0 Å². The molecule has 0 bridgehead atoms. The van der Waals surface area contributed by atoms with Crippen LogP contribution in [0.4, 0.5) is 0 Å². The summed E-state index contributed by atoms with van der Waals surface area (Å²) in [5, 5.41) is 9.05. The second-order valence-electron chi connectivity index (χ2n) is 7.12. The summed E-state index contributed by atoms with van der Waals surface area (Å²) < 4.78 is 0. The number of nitrogens with one attached hydrogen (secondary N) is 1. The van der Waals surface area contributed by atoms with Gasteiger partial charge in [0.15, 0.2) is 0 Å². The van der Waals surface area contributed by atoms with E-state index in [-0.39, 0.29) is 30.7 Å². The Balaban J connectivity index is 1.46. The van der Waals surface area contributed by atoms with Crippen molar-refractivity contribution >= 4 is 17.5 Å². The summed E-state index contributed by atoms with van der Waals surface area (Å²) >= 11 is 0. The highest BCUT2D eigenvalue weighted by atomic mass is 16.2. The van der Waals surface area contributed by atoms with Crippen LogP contribution in [0.15, 0.2) is 35.4 Å². The number of amides is 2. The standard InChI is InChI=1S/C20H27N3O2/c1-15-7-5-6-10-17(15)21-19(24)11-12-20(25)23-14-13-18(22-23)16-8-3-2-4-9-16/h2-4,8-9,15,17H,5-7,10-14H2,1H3,(H,21,24)/t15-,17-/m1/s1. The van der Waals surface area contributed by atoms with E-state index in [9.17, 15) is 9.59 Å². The van der Waals surface area contributed by atoms with Crippen LogP contribution in [0.1, 0.15) is 57.4 Å². The van der Waals surface area contributed by atoms with E-state index in [1.54, 1.807) is 0 Å². The fourth-order valence-electron chi connectivity index (χ4n) is 3.63. The largest absolute Gasteiger partial charge is 0.353 e. The Morgan fingerprint density at radius 2 is 1.92 bits per heavy atom. The Labute approximate surface area is 149 Å². The molecule has 1 aliphatic heterocycles. The molecule has 1 aromatic carbocycles. The number of benzene rings is 1. The summed E-state index contributed by atoms with van der Waals surface area (Å²) in [5.41, 5.74) is 2.00. The molecule has 1 fully saturated rings. The molecular formula is C20H27N3O2. The van der Waals surface area contributed by atoms with E-state index in [1.807, 2.05) is 30.3 Å². The van der Waals surface area contributed by atoms with Gasteiger partial charge in [-0.15, -0.1) is 0 Å². The van der Waals surface area contributed by atoms with Gasteiger partial charge in [0, 0.05) is 25.3 Å². The lowest BCUT2D eigenvalue weighted by Gasteiger charge is -2.29. The van der Waals surface area contributed by atoms with E-state index in [4.69, 9.17) is 0 Å². The average molecular weight is 341 g/mol. The Morgan fingerprint density at radius 3 is 2.68 bits per heavy atom. The molecule has 1 aliphatic carbocycles. The molecule has 2 atom stereocenters. The molecular weight excluding hydrogens is 314 g/mol. The lowest BCUT2D eigenvalue weighted by atomic mass is 9.86. The van der Waals surface area contributed by atoms with Crippen LogP contribution in [0, 0.1) is 5.92 Å². The first kappa shape index (κ1) is 17.6. The first-order valence-electron chi connectivity index (χ1n) is 9.36. The lowest BCUT2D eigenvalue weighted by Crippen LogP contribution is -2.41. The fourth-order valence-corrected chi connectivity index (χ4v) is 3.63. The molecule has 1 N–H and O–H groups in total. The Morgan fingerprint density at radius 1 is 1.16 bits per heavy atom. The van der Waals surface area contributed by atoms with E-state index in [0.29, 0.717) is 12.5 Å². The number of hydrogen-bond donors (Lipinski definition) is 1. The number of rotatable bonds is 5. The molecule has 134 valence electrons. The summed E-state index contributed by atoms with van der Waals surface area (Å²) in [7, 11) is 0. The van der Waals surface area contributed by atoms with E-state index in [0.717, 1.165) is 24.1 Å². The molecule has 0 spiro atoms. The Hall–Kier alpha value is -2.17. The molecule has 0 unspecified atom stereocenters. The van der Waals surface area contributed by atoms with Crippen molar-refractivity contribution in [3.63, 3.8) is 0 Å². The van der Waals surface area contributed by atoms with Gasteiger partial charge in [0.1, 0.15) is 0 Å². The Kier molecular flexibility index (Phi) is 5.84. The summed E-state index contributed by atoms with van der Waals surface area (Å²) in [5.74, 6) is 0.446. The van der Waals surface area contributed by atoms with Crippen molar-refractivity contribution in [2.24, 2.45) is 11.0 Å². The first-order valence-corrected chi connectivity index (χ1v) is 9.36. The predicted octanol–water partition coefficient (Wildman–Crippen LogP) is 3.10. The Bertz CT molecular complexity index is 642. The second-order valence-corrected chi connectivity index (χ2v) is 7.12. The maximum Gasteiger partial charge on any atom is 0.243 e. The summed E-state index contributed by atoms with van der Waals surface area (Å²) in [4.78, 5) is 24.5. The maximum absolute atomic E-state index is 12.3. The average Bonchev–Trinajstić information content (AvgIpc) is 3.13. The fraction of sp³-hybridized carbons (Fsp3) is 0.550.